The molecular weight excluding hydrogens is 317 g/mol. The number of carboxylic acid groups (broad SMARTS) is 2. The minimum atomic E-state index is -1.30. The number of halogens is 2. The Morgan fingerprint density at radius 2 is 1.95 bits per heavy atom. The number of carbonyl (C=O) groups excluding carboxylic acids is 1. The summed E-state index contributed by atoms with van der Waals surface area (Å²) in [5.41, 5.74) is 0. The predicted molar refractivity (Wildman–Crippen MR) is 70.1 cm³/mol. The topological polar surface area (TPSA) is 104 Å². The second kappa shape index (κ2) is 6.74. The van der Waals surface area contributed by atoms with Gasteiger partial charge in [0, 0.05) is 6.42 Å². The van der Waals surface area contributed by atoms with E-state index in [1.807, 2.05) is 0 Å². The van der Waals surface area contributed by atoms with Gasteiger partial charge in [0.15, 0.2) is 0 Å². The summed E-state index contributed by atoms with van der Waals surface area (Å²) < 4.78 is 0.226. The Balaban J connectivity index is 2.71. The van der Waals surface area contributed by atoms with Crippen molar-refractivity contribution >= 4 is 52.4 Å². The van der Waals surface area contributed by atoms with E-state index >= 15 is 0 Å². The molecule has 0 spiro atoms. The van der Waals surface area contributed by atoms with Gasteiger partial charge in [-0.25, -0.2) is 4.79 Å². The van der Waals surface area contributed by atoms with Crippen LogP contribution in [0.4, 0.5) is 0 Å². The highest BCUT2D eigenvalue weighted by Gasteiger charge is 2.23. The van der Waals surface area contributed by atoms with E-state index in [0.717, 1.165) is 11.3 Å². The fraction of sp³-hybridized carbons (Fsp3) is 0.300. The maximum atomic E-state index is 11.7. The molecule has 0 aromatic carbocycles. The number of thiophene rings is 1. The van der Waals surface area contributed by atoms with Crippen LogP contribution in [0.5, 0.6) is 0 Å². The molecular formula is C10H9Cl2NO5S. The van der Waals surface area contributed by atoms with Crippen LogP contribution in [0.25, 0.3) is 0 Å². The van der Waals surface area contributed by atoms with Crippen molar-refractivity contribution in [1.82, 2.24) is 5.32 Å². The highest BCUT2D eigenvalue weighted by molar-refractivity contribution is 7.18. The van der Waals surface area contributed by atoms with Gasteiger partial charge in [-0.2, -0.15) is 0 Å². The van der Waals surface area contributed by atoms with Gasteiger partial charge in [-0.1, -0.05) is 23.2 Å². The van der Waals surface area contributed by atoms with Gasteiger partial charge in [0.05, 0.1) is 9.90 Å². The number of amides is 1. The Morgan fingerprint density at radius 1 is 1.32 bits per heavy atom. The first kappa shape index (κ1) is 15.7. The number of carbonyl (C=O) groups is 3. The predicted octanol–water partition coefficient (Wildman–Crippen LogP) is 2.10. The Bertz CT molecular complexity index is 497. The molecule has 0 aliphatic rings. The van der Waals surface area contributed by atoms with E-state index in [9.17, 15) is 14.4 Å². The lowest BCUT2D eigenvalue weighted by Gasteiger charge is -2.12. The third-order valence-electron chi connectivity index (χ3n) is 2.12. The molecule has 19 heavy (non-hydrogen) atoms. The zero-order valence-electron chi connectivity index (χ0n) is 9.35. The van der Waals surface area contributed by atoms with E-state index in [0.29, 0.717) is 0 Å². The van der Waals surface area contributed by atoms with Crippen LogP contribution in [0.2, 0.25) is 9.36 Å². The van der Waals surface area contributed by atoms with Crippen molar-refractivity contribution in [3.8, 4) is 0 Å². The van der Waals surface area contributed by atoms with E-state index in [-0.39, 0.29) is 27.1 Å². The minimum absolute atomic E-state index is 0.163. The van der Waals surface area contributed by atoms with Crippen LogP contribution in [0, 0.1) is 0 Å². The molecule has 104 valence electrons. The zero-order chi connectivity index (χ0) is 14.6. The molecule has 1 aromatic rings. The van der Waals surface area contributed by atoms with Gasteiger partial charge in [0.2, 0.25) is 0 Å². The molecule has 1 unspecified atom stereocenters. The Kier molecular flexibility index (Phi) is 5.59. The number of hydrogen-bond donors (Lipinski definition) is 3. The molecule has 1 atom stereocenters. The lowest BCUT2D eigenvalue weighted by atomic mass is 10.1. The third-order valence-corrected chi connectivity index (χ3v) is 3.98. The van der Waals surface area contributed by atoms with Crippen LogP contribution in [-0.2, 0) is 9.59 Å². The molecule has 1 amide bonds. The van der Waals surface area contributed by atoms with Crippen LogP contribution in [0.15, 0.2) is 6.07 Å². The van der Waals surface area contributed by atoms with Crippen molar-refractivity contribution in [3.63, 3.8) is 0 Å². The van der Waals surface area contributed by atoms with Crippen molar-refractivity contribution in [2.24, 2.45) is 0 Å². The van der Waals surface area contributed by atoms with Crippen molar-refractivity contribution in [3.05, 3.63) is 20.3 Å². The van der Waals surface area contributed by atoms with Crippen LogP contribution in [-0.4, -0.2) is 34.1 Å². The summed E-state index contributed by atoms with van der Waals surface area (Å²) in [5.74, 6) is -3.09. The molecule has 1 rings (SSSR count). The fourth-order valence-electron chi connectivity index (χ4n) is 1.21. The minimum Gasteiger partial charge on any atom is -0.481 e. The second-order valence-corrected chi connectivity index (χ2v) is 5.59. The molecule has 0 aliphatic carbocycles. The van der Waals surface area contributed by atoms with Gasteiger partial charge < -0.3 is 15.5 Å². The lowest BCUT2D eigenvalue weighted by Crippen LogP contribution is -2.40. The maximum Gasteiger partial charge on any atom is 0.326 e. The largest absolute Gasteiger partial charge is 0.481 e. The summed E-state index contributed by atoms with van der Waals surface area (Å²) >= 11 is 12.3. The average molecular weight is 326 g/mol. The molecule has 0 radical (unpaired) electrons. The van der Waals surface area contributed by atoms with Crippen LogP contribution in [0.1, 0.15) is 22.5 Å². The van der Waals surface area contributed by atoms with Crippen LogP contribution >= 0.6 is 34.5 Å². The van der Waals surface area contributed by atoms with Gasteiger partial charge in [0.1, 0.15) is 10.4 Å². The number of hydrogen-bond acceptors (Lipinski definition) is 4. The zero-order valence-corrected chi connectivity index (χ0v) is 11.7. The van der Waals surface area contributed by atoms with Crippen molar-refractivity contribution in [1.29, 1.82) is 0 Å². The summed E-state index contributed by atoms with van der Waals surface area (Å²) in [6, 6.07) is 0.0447. The summed E-state index contributed by atoms with van der Waals surface area (Å²) in [7, 11) is 0. The summed E-state index contributed by atoms with van der Waals surface area (Å²) in [5, 5.41) is 19.8. The highest BCUT2D eigenvalue weighted by atomic mass is 35.5. The van der Waals surface area contributed by atoms with E-state index in [4.69, 9.17) is 33.4 Å². The molecule has 1 aromatic heterocycles. The van der Waals surface area contributed by atoms with E-state index < -0.39 is 23.9 Å². The lowest BCUT2D eigenvalue weighted by molar-refractivity contribution is -0.140. The second-order valence-electron chi connectivity index (χ2n) is 3.53. The van der Waals surface area contributed by atoms with Gasteiger partial charge in [-0.3, -0.25) is 9.59 Å². The molecule has 1 heterocycles. The number of nitrogens with one attached hydrogen (secondary N) is 1. The molecule has 0 bridgehead atoms. The smallest absolute Gasteiger partial charge is 0.326 e. The normalized spacial score (nSPS) is 11.9. The number of rotatable bonds is 6. The summed E-state index contributed by atoms with van der Waals surface area (Å²) in [4.78, 5) is 33.2. The Morgan fingerprint density at radius 3 is 2.37 bits per heavy atom. The monoisotopic (exact) mass is 325 g/mol. The molecule has 3 N–H and O–H groups in total. The van der Waals surface area contributed by atoms with E-state index in [1.165, 1.54) is 6.07 Å². The number of carboxylic acids is 2. The molecule has 0 saturated heterocycles. The third kappa shape index (κ3) is 4.70. The molecule has 0 aliphatic heterocycles. The average Bonchev–Trinajstić information content (AvgIpc) is 2.64. The number of aliphatic carboxylic acids is 2. The first-order chi connectivity index (χ1) is 8.81. The summed E-state index contributed by atoms with van der Waals surface area (Å²) in [6.45, 7) is 0. The maximum absolute atomic E-state index is 11.7. The quantitative estimate of drug-likeness (QED) is 0.743. The molecule has 9 heteroatoms. The van der Waals surface area contributed by atoms with E-state index in [2.05, 4.69) is 5.32 Å². The van der Waals surface area contributed by atoms with Crippen LogP contribution < -0.4 is 5.32 Å². The summed E-state index contributed by atoms with van der Waals surface area (Å²) in [6.07, 6.45) is -0.563. The van der Waals surface area contributed by atoms with Gasteiger partial charge >= 0.3 is 11.9 Å². The Hall–Kier alpha value is -1.31. The van der Waals surface area contributed by atoms with Crippen molar-refractivity contribution in [2.45, 2.75) is 18.9 Å². The van der Waals surface area contributed by atoms with E-state index in [1.54, 1.807) is 0 Å². The van der Waals surface area contributed by atoms with Gasteiger partial charge in [-0.05, 0) is 12.5 Å². The highest BCUT2D eigenvalue weighted by Crippen LogP contribution is 2.31. The molecule has 6 nitrogen and oxygen atoms in total. The van der Waals surface area contributed by atoms with Gasteiger partial charge in [0.25, 0.3) is 5.91 Å². The first-order valence-corrected chi connectivity index (χ1v) is 6.58. The fourth-order valence-corrected chi connectivity index (χ4v) is 2.48. The molecule has 0 saturated carbocycles. The molecule has 0 fully saturated rings. The van der Waals surface area contributed by atoms with Gasteiger partial charge in [-0.15, -0.1) is 11.3 Å². The van der Waals surface area contributed by atoms with Crippen molar-refractivity contribution in [2.75, 3.05) is 0 Å². The van der Waals surface area contributed by atoms with Crippen LogP contribution in [0.3, 0.4) is 0 Å². The van der Waals surface area contributed by atoms with Crippen molar-refractivity contribution < 1.29 is 24.6 Å². The SMILES string of the molecule is O=C(O)CCC(NC(=O)c1cc(Cl)c(Cl)s1)C(=O)O. The Labute approximate surface area is 121 Å². The standard InChI is InChI=1S/C10H9Cl2NO5S/c11-4-3-6(19-8(4)12)9(16)13-5(10(17)18)1-2-7(14)15/h3,5H,1-2H2,(H,13,16)(H,14,15)(H,17,18). The first-order valence-electron chi connectivity index (χ1n) is 5.01.